The van der Waals surface area contributed by atoms with Crippen molar-refractivity contribution in [2.45, 2.75) is 46.0 Å². The fraction of sp³-hybridized carbons (Fsp3) is 0.368. The van der Waals surface area contributed by atoms with Gasteiger partial charge in [-0.15, -0.1) is 0 Å². The molecule has 2 aromatic carbocycles. The smallest absolute Gasteiger partial charge is 0.0316 e. The third-order valence-electron chi connectivity index (χ3n) is 3.88. The molecule has 4 N–H and O–H groups in total. The van der Waals surface area contributed by atoms with Gasteiger partial charge in [-0.3, -0.25) is 0 Å². The van der Waals surface area contributed by atoms with Gasteiger partial charge in [0.2, 0.25) is 0 Å². The maximum absolute atomic E-state index is 5.93. The van der Waals surface area contributed by atoms with Gasteiger partial charge in [0.05, 0.1) is 0 Å². The van der Waals surface area contributed by atoms with Crippen LogP contribution in [0.4, 0.5) is 11.4 Å². The molecule has 0 spiro atoms. The molecule has 0 bridgehead atoms. The summed E-state index contributed by atoms with van der Waals surface area (Å²) in [6, 6.07) is 12.6. The van der Waals surface area contributed by atoms with Crippen molar-refractivity contribution in [1.82, 2.24) is 0 Å². The average Bonchev–Trinajstić information content (AvgIpc) is 2.45. The maximum Gasteiger partial charge on any atom is 0.0316 e. The minimum absolute atomic E-state index is 0.855. The van der Waals surface area contributed by atoms with Gasteiger partial charge in [0.1, 0.15) is 0 Å². The van der Waals surface area contributed by atoms with Crippen LogP contribution in [0.3, 0.4) is 0 Å². The van der Waals surface area contributed by atoms with Crippen LogP contribution >= 0.6 is 0 Å². The second-order valence-electron chi connectivity index (χ2n) is 5.73. The molecule has 0 aliphatic heterocycles. The van der Waals surface area contributed by atoms with Crippen LogP contribution in [0.25, 0.3) is 0 Å². The predicted molar refractivity (Wildman–Crippen MR) is 92.5 cm³/mol. The zero-order valence-electron chi connectivity index (χ0n) is 13.2. The summed E-state index contributed by atoms with van der Waals surface area (Å²) in [6.07, 6.45) is 5.40. The van der Waals surface area contributed by atoms with Crippen molar-refractivity contribution in [2.24, 2.45) is 0 Å². The normalized spacial score (nSPS) is 10.8. The molecule has 0 unspecified atom stereocenters. The summed E-state index contributed by atoms with van der Waals surface area (Å²) in [5.41, 5.74) is 19.1. The fourth-order valence-corrected chi connectivity index (χ4v) is 2.85. The molecule has 2 aromatic rings. The van der Waals surface area contributed by atoms with Gasteiger partial charge >= 0.3 is 0 Å². The summed E-state index contributed by atoms with van der Waals surface area (Å²) in [7, 11) is 0. The number of aryl methyl sites for hydroxylation is 2. The lowest BCUT2D eigenvalue weighted by atomic mass is 9.92. The van der Waals surface area contributed by atoms with Crippen LogP contribution in [-0.4, -0.2) is 0 Å². The van der Waals surface area contributed by atoms with Crippen LogP contribution in [-0.2, 0) is 19.3 Å². The zero-order valence-corrected chi connectivity index (χ0v) is 13.2. The molecule has 0 saturated heterocycles. The molecule has 0 radical (unpaired) electrons. The van der Waals surface area contributed by atoms with Crippen molar-refractivity contribution < 1.29 is 0 Å². The van der Waals surface area contributed by atoms with Crippen molar-refractivity contribution in [3.05, 3.63) is 58.7 Å². The van der Waals surface area contributed by atoms with Crippen molar-refractivity contribution >= 4 is 11.4 Å². The summed E-state index contributed by atoms with van der Waals surface area (Å²) in [4.78, 5) is 0. The first-order chi connectivity index (χ1) is 10.1. The molecule has 21 heavy (non-hydrogen) atoms. The maximum atomic E-state index is 5.93. The van der Waals surface area contributed by atoms with E-state index in [4.69, 9.17) is 11.5 Å². The number of anilines is 2. The standard InChI is InChI=1S/C19H26N2/c1-3-5-14-12-18(20)9-7-16(14)11-17-8-10-19(21)13-15(17)6-4-2/h7-10,12-13H,3-6,11,20-21H2,1-2H3. The monoisotopic (exact) mass is 282 g/mol. The lowest BCUT2D eigenvalue weighted by molar-refractivity contribution is 0.888. The Kier molecular flexibility index (Phi) is 5.26. The van der Waals surface area contributed by atoms with Crippen molar-refractivity contribution in [3.8, 4) is 0 Å². The quantitative estimate of drug-likeness (QED) is 0.774. The van der Waals surface area contributed by atoms with Gasteiger partial charge in [0, 0.05) is 11.4 Å². The first-order valence-electron chi connectivity index (χ1n) is 7.88. The number of hydrogen-bond acceptors (Lipinski definition) is 2. The van der Waals surface area contributed by atoms with Crippen LogP contribution < -0.4 is 11.5 Å². The van der Waals surface area contributed by atoms with Crippen LogP contribution in [0.5, 0.6) is 0 Å². The van der Waals surface area contributed by atoms with E-state index >= 15 is 0 Å². The Morgan fingerprint density at radius 2 is 1.10 bits per heavy atom. The summed E-state index contributed by atoms with van der Waals surface area (Å²) < 4.78 is 0. The van der Waals surface area contributed by atoms with E-state index in [-0.39, 0.29) is 0 Å². The van der Waals surface area contributed by atoms with Gasteiger partial charge in [-0.05, 0) is 65.8 Å². The van der Waals surface area contributed by atoms with Gasteiger partial charge in [-0.25, -0.2) is 0 Å². The van der Waals surface area contributed by atoms with Crippen molar-refractivity contribution in [1.29, 1.82) is 0 Å². The Balaban J connectivity index is 2.33. The predicted octanol–water partition coefficient (Wildman–Crippen LogP) is 4.35. The van der Waals surface area contributed by atoms with E-state index in [0.29, 0.717) is 0 Å². The molecular formula is C19H26N2. The van der Waals surface area contributed by atoms with E-state index in [2.05, 4.69) is 38.1 Å². The molecule has 0 atom stereocenters. The molecule has 0 aliphatic rings. The number of hydrogen-bond donors (Lipinski definition) is 2. The molecule has 2 rings (SSSR count). The first-order valence-corrected chi connectivity index (χ1v) is 7.88. The third-order valence-corrected chi connectivity index (χ3v) is 3.88. The largest absolute Gasteiger partial charge is 0.399 e. The van der Waals surface area contributed by atoms with Crippen LogP contribution in [0.1, 0.15) is 48.9 Å². The summed E-state index contributed by atoms with van der Waals surface area (Å²) >= 11 is 0. The van der Waals surface area contributed by atoms with Crippen molar-refractivity contribution in [2.75, 3.05) is 11.5 Å². The number of rotatable bonds is 6. The Morgan fingerprint density at radius 3 is 1.48 bits per heavy atom. The highest BCUT2D eigenvalue weighted by atomic mass is 14.5. The summed E-state index contributed by atoms with van der Waals surface area (Å²) in [5.74, 6) is 0. The molecule has 2 nitrogen and oxygen atoms in total. The second-order valence-corrected chi connectivity index (χ2v) is 5.73. The van der Waals surface area contributed by atoms with Gasteiger partial charge in [0.25, 0.3) is 0 Å². The molecule has 2 heteroatoms. The van der Waals surface area contributed by atoms with E-state index in [1.165, 1.54) is 22.3 Å². The van der Waals surface area contributed by atoms with E-state index in [9.17, 15) is 0 Å². The van der Waals surface area contributed by atoms with E-state index in [0.717, 1.165) is 43.5 Å². The molecule has 0 aromatic heterocycles. The van der Waals surface area contributed by atoms with E-state index < -0.39 is 0 Å². The Morgan fingerprint density at radius 1 is 0.667 bits per heavy atom. The Labute approximate surface area is 128 Å². The molecule has 0 aliphatic carbocycles. The number of nitrogen functional groups attached to an aromatic ring is 2. The summed E-state index contributed by atoms with van der Waals surface area (Å²) in [5, 5.41) is 0. The van der Waals surface area contributed by atoms with Gasteiger partial charge in [-0.2, -0.15) is 0 Å². The second kappa shape index (κ2) is 7.16. The Bertz CT molecular complexity index is 549. The Hall–Kier alpha value is -1.96. The van der Waals surface area contributed by atoms with Crippen molar-refractivity contribution in [3.63, 3.8) is 0 Å². The highest BCUT2D eigenvalue weighted by molar-refractivity contribution is 5.49. The third kappa shape index (κ3) is 4.01. The van der Waals surface area contributed by atoms with Gasteiger partial charge in [0.15, 0.2) is 0 Å². The fourth-order valence-electron chi connectivity index (χ4n) is 2.85. The highest BCUT2D eigenvalue weighted by Gasteiger charge is 2.08. The van der Waals surface area contributed by atoms with E-state index in [1.54, 1.807) is 0 Å². The minimum Gasteiger partial charge on any atom is -0.399 e. The topological polar surface area (TPSA) is 52.0 Å². The number of benzene rings is 2. The van der Waals surface area contributed by atoms with Gasteiger partial charge in [-0.1, -0.05) is 38.8 Å². The molecule has 0 fully saturated rings. The summed E-state index contributed by atoms with van der Waals surface area (Å²) in [6.45, 7) is 4.41. The molecule has 112 valence electrons. The lowest BCUT2D eigenvalue weighted by Gasteiger charge is -2.14. The van der Waals surface area contributed by atoms with Crippen LogP contribution in [0.15, 0.2) is 36.4 Å². The SMILES string of the molecule is CCCc1cc(N)ccc1Cc1ccc(N)cc1CCC. The molecule has 0 amide bonds. The number of nitrogens with two attached hydrogens (primary N) is 2. The molecular weight excluding hydrogens is 256 g/mol. The van der Waals surface area contributed by atoms with E-state index in [1.807, 2.05) is 12.1 Å². The highest BCUT2D eigenvalue weighted by Crippen LogP contribution is 2.23. The average molecular weight is 282 g/mol. The molecule has 0 saturated carbocycles. The van der Waals surface area contributed by atoms with Crippen LogP contribution in [0, 0.1) is 0 Å². The first kappa shape index (κ1) is 15.4. The molecule has 0 heterocycles. The van der Waals surface area contributed by atoms with Gasteiger partial charge < -0.3 is 11.5 Å². The van der Waals surface area contributed by atoms with Crippen LogP contribution in [0.2, 0.25) is 0 Å². The lowest BCUT2D eigenvalue weighted by Crippen LogP contribution is -2.01. The minimum atomic E-state index is 0.855. The zero-order chi connectivity index (χ0) is 15.2.